The van der Waals surface area contributed by atoms with Gasteiger partial charge in [-0.1, -0.05) is 35.3 Å². The number of nitrogens with zero attached hydrogens (tertiary/aromatic N) is 1. The number of ether oxygens (including phenoxy) is 2. The van der Waals surface area contributed by atoms with Crippen LogP contribution in [0.5, 0.6) is 11.5 Å². The predicted molar refractivity (Wildman–Crippen MR) is 130 cm³/mol. The van der Waals surface area contributed by atoms with Gasteiger partial charge in [-0.2, -0.15) is 0 Å². The van der Waals surface area contributed by atoms with E-state index in [0.717, 1.165) is 0 Å². The number of ketones is 1. The first-order chi connectivity index (χ1) is 17.2. The number of methoxy groups -OCH3 is 2. The number of hydrogen-bond donors (Lipinski definition) is 2. The van der Waals surface area contributed by atoms with E-state index in [-0.39, 0.29) is 50.5 Å². The minimum Gasteiger partial charge on any atom is -0.507 e. The first-order valence-corrected chi connectivity index (χ1v) is 11.2. The fourth-order valence-corrected chi connectivity index (χ4v) is 4.71. The van der Waals surface area contributed by atoms with Crippen LogP contribution in [0.2, 0.25) is 10.0 Å². The van der Waals surface area contributed by atoms with Crippen molar-refractivity contribution in [2.24, 2.45) is 0 Å². The normalized spacial score (nSPS) is 16.9. The van der Waals surface area contributed by atoms with E-state index in [1.165, 1.54) is 55.7 Å². The summed E-state index contributed by atoms with van der Waals surface area (Å²) in [5, 5.41) is 20.5. The second kappa shape index (κ2) is 9.96. The van der Waals surface area contributed by atoms with Gasteiger partial charge in [-0.05, 0) is 35.9 Å². The number of hydrogen-bond acceptors (Lipinski definition) is 7. The minimum atomic E-state index is -1.09. The van der Waals surface area contributed by atoms with E-state index in [4.69, 9.17) is 42.2 Å². The highest BCUT2D eigenvalue weighted by Gasteiger charge is 2.48. The van der Waals surface area contributed by atoms with Crippen LogP contribution in [0.15, 0.2) is 58.7 Å². The second-order valence-corrected chi connectivity index (χ2v) is 8.52. The minimum absolute atomic E-state index is 0.0101. The summed E-state index contributed by atoms with van der Waals surface area (Å²) in [6.07, 6.45) is 1.37. The molecule has 2 aromatic carbocycles. The molecule has 1 unspecified atom stereocenters. The zero-order valence-electron chi connectivity index (χ0n) is 19.0. The van der Waals surface area contributed by atoms with Crippen molar-refractivity contribution >= 4 is 46.6 Å². The molecule has 2 N–H and O–H groups in total. The molecule has 0 aliphatic carbocycles. The number of aliphatic hydroxyl groups excluding tert-OH is 1. The van der Waals surface area contributed by atoms with Crippen molar-refractivity contribution in [3.63, 3.8) is 0 Å². The van der Waals surface area contributed by atoms with E-state index in [9.17, 15) is 19.5 Å². The highest BCUT2D eigenvalue weighted by Crippen LogP contribution is 2.47. The molecule has 186 valence electrons. The van der Waals surface area contributed by atoms with Gasteiger partial charge in [0.1, 0.15) is 22.6 Å². The SMILES string of the molecule is COc1c(Cl)cc(/C(O)=C2/C(=O)C(=O)N(Cc3ccc(C(=O)O)cc3)C2c2ccco2)c(OC)c1Cl. The average Bonchev–Trinajstić information content (AvgIpc) is 3.47. The Morgan fingerprint density at radius 2 is 1.72 bits per heavy atom. The van der Waals surface area contributed by atoms with Crippen LogP contribution in [0.3, 0.4) is 0 Å². The largest absolute Gasteiger partial charge is 0.507 e. The van der Waals surface area contributed by atoms with E-state index in [1.807, 2.05) is 0 Å². The molecule has 0 radical (unpaired) electrons. The van der Waals surface area contributed by atoms with E-state index < -0.39 is 29.5 Å². The number of furan rings is 1. The van der Waals surface area contributed by atoms with Gasteiger partial charge in [0.15, 0.2) is 11.5 Å². The fourth-order valence-electron chi connectivity index (χ4n) is 4.03. The van der Waals surface area contributed by atoms with Gasteiger partial charge in [0.2, 0.25) is 0 Å². The zero-order chi connectivity index (χ0) is 26.1. The lowest BCUT2D eigenvalue weighted by Gasteiger charge is -2.23. The number of halogens is 2. The monoisotopic (exact) mass is 531 g/mol. The summed E-state index contributed by atoms with van der Waals surface area (Å²) in [6.45, 7) is -0.0616. The lowest BCUT2D eigenvalue weighted by atomic mass is 9.98. The van der Waals surface area contributed by atoms with Crippen LogP contribution in [-0.4, -0.2) is 47.0 Å². The molecule has 1 aliphatic rings. The number of rotatable bonds is 7. The summed E-state index contributed by atoms with van der Waals surface area (Å²) in [6, 6.07) is 9.22. The molecule has 0 saturated carbocycles. The number of carboxylic acid groups (broad SMARTS) is 1. The van der Waals surface area contributed by atoms with Gasteiger partial charge in [0.25, 0.3) is 11.7 Å². The summed E-state index contributed by atoms with van der Waals surface area (Å²) >= 11 is 12.6. The Kier molecular flexibility index (Phi) is 6.96. The second-order valence-electron chi connectivity index (χ2n) is 7.73. The maximum Gasteiger partial charge on any atom is 0.335 e. The van der Waals surface area contributed by atoms with Crippen LogP contribution in [-0.2, 0) is 16.1 Å². The first-order valence-electron chi connectivity index (χ1n) is 10.4. The van der Waals surface area contributed by atoms with E-state index in [1.54, 1.807) is 12.1 Å². The summed E-state index contributed by atoms with van der Waals surface area (Å²) in [4.78, 5) is 38.7. The Hall–Kier alpha value is -3.95. The molecule has 0 bridgehead atoms. The standard InChI is InChI=1S/C25H19Cl2NO8/c1-34-22-14(10-15(26)23(35-2)18(22)27)20(29)17-19(16-4-3-9-36-16)28(24(31)21(17)30)11-12-5-7-13(8-6-12)25(32)33/h3-10,19,29H,11H2,1-2H3,(H,32,33)/b20-17-. The summed E-state index contributed by atoms with van der Waals surface area (Å²) in [5.74, 6) is -3.18. The molecule has 1 fully saturated rings. The van der Waals surface area contributed by atoms with Gasteiger partial charge in [-0.3, -0.25) is 9.59 Å². The number of aromatic carboxylic acids is 1. The Balaban J connectivity index is 1.86. The van der Waals surface area contributed by atoms with Gasteiger partial charge >= 0.3 is 5.97 Å². The van der Waals surface area contributed by atoms with Gasteiger partial charge in [-0.15, -0.1) is 0 Å². The zero-order valence-corrected chi connectivity index (χ0v) is 20.5. The maximum atomic E-state index is 13.2. The maximum absolute atomic E-state index is 13.2. The van der Waals surface area contributed by atoms with Crippen molar-refractivity contribution < 1.29 is 38.5 Å². The van der Waals surface area contributed by atoms with Crippen molar-refractivity contribution in [2.45, 2.75) is 12.6 Å². The summed E-state index contributed by atoms with van der Waals surface area (Å²) in [7, 11) is 2.67. The third kappa shape index (κ3) is 4.27. The first kappa shape index (κ1) is 25.2. The molecule has 1 saturated heterocycles. The van der Waals surface area contributed by atoms with Crippen LogP contribution in [0.25, 0.3) is 5.76 Å². The van der Waals surface area contributed by atoms with Gasteiger partial charge in [0, 0.05) is 6.54 Å². The number of aliphatic hydroxyl groups is 1. The molecule has 3 aromatic rings. The number of benzene rings is 2. The molecule has 2 heterocycles. The Labute approximate surface area is 215 Å². The Morgan fingerprint density at radius 1 is 1.06 bits per heavy atom. The van der Waals surface area contributed by atoms with E-state index in [2.05, 4.69) is 0 Å². The topological polar surface area (TPSA) is 127 Å². The van der Waals surface area contributed by atoms with Crippen molar-refractivity contribution in [2.75, 3.05) is 14.2 Å². The number of carbonyl (C=O) groups is 3. The number of amides is 1. The van der Waals surface area contributed by atoms with Crippen LogP contribution >= 0.6 is 23.2 Å². The Bertz CT molecular complexity index is 1380. The molecule has 1 amide bonds. The summed E-state index contributed by atoms with van der Waals surface area (Å²) < 4.78 is 16.0. The predicted octanol–water partition coefficient (Wildman–Crippen LogP) is 4.92. The average molecular weight is 532 g/mol. The van der Waals surface area contributed by atoms with Crippen molar-refractivity contribution in [3.8, 4) is 11.5 Å². The third-order valence-electron chi connectivity index (χ3n) is 5.70. The van der Waals surface area contributed by atoms with Gasteiger partial charge in [-0.25, -0.2) is 4.79 Å². The third-order valence-corrected chi connectivity index (χ3v) is 6.33. The van der Waals surface area contributed by atoms with Crippen LogP contribution in [0.1, 0.15) is 33.3 Å². The molecule has 9 nitrogen and oxygen atoms in total. The Morgan fingerprint density at radius 3 is 2.28 bits per heavy atom. The van der Waals surface area contributed by atoms with Crippen LogP contribution < -0.4 is 9.47 Å². The van der Waals surface area contributed by atoms with Crippen molar-refractivity contribution in [1.82, 2.24) is 4.90 Å². The molecular formula is C25H19Cl2NO8. The lowest BCUT2D eigenvalue weighted by Crippen LogP contribution is -2.29. The molecule has 0 spiro atoms. The molecule has 1 atom stereocenters. The van der Waals surface area contributed by atoms with Gasteiger partial charge in [0.05, 0.1) is 42.2 Å². The number of likely N-dealkylation sites (tertiary alicyclic amines) is 1. The molecular weight excluding hydrogens is 513 g/mol. The molecule has 4 rings (SSSR count). The fraction of sp³-hybridized carbons (Fsp3) is 0.160. The van der Waals surface area contributed by atoms with Crippen molar-refractivity contribution in [3.05, 3.63) is 86.8 Å². The van der Waals surface area contributed by atoms with Crippen molar-refractivity contribution in [1.29, 1.82) is 0 Å². The van der Waals surface area contributed by atoms with E-state index in [0.29, 0.717) is 5.56 Å². The van der Waals surface area contributed by atoms with Gasteiger partial charge < -0.3 is 29.0 Å². The number of carboxylic acids is 1. The quantitative estimate of drug-likeness (QED) is 0.249. The molecule has 36 heavy (non-hydrogen) atoms. The highest BCUT2D eigenvalue weighted by molar-refractivity contribution is 6.46. The number of Topliss-reactive ketones (excluding diaryl/α,β-unsaturated/α-hetero) is 1. The van der Waals surface area contributed by atoms with Crippen LogP contribution in [0.4, 0.5) is 0 Å². The molecule has 1 aromatic heterocycles. The van der Waals surface area contributed by atoms with E-state index >= 15 is 0 Å². The summed E-state index contributed by atoms with van der Waals surface area (Å²) in [5.41, 5.74) is 0.358. The highest BCUT2D eigenvalue weighted by atomic mass is 35.5. The smallest absolute Gasteiger partial charge is 0.335 e. The number of carbonyl (C=O) groups excluding carboxylic acids is 2. The molecule has 11 heteroatoms. The van der Waals surface area contributed by atoms with Crippen LogP contribution in [0, 0.1) is 0 Å². The lowest BCUT2D eigenvalue weighted by molar-refractivity contribution is -0.140. The molecule has 1 aliphatic heterocycles.